The number of sulfonamides is 1. The van der Waals surface area contributed by atoms with Gasteiger partial charge in [0.2, 0.25) is 10.0 Å². The van der Waals surface area contributed by atoms with Gasteiger partial charge in [0.1, 0.15) is 0 Å². The lowest BCUT2D eigenvalue weighted by Gasteiger charge is -2.27. The predicted molar refractivity (Wildman–Crippen MR) is 76.2 cm³/mol. The zero-order valence-corrected chi connectivity index (χ0v) is 12.8. The summed E-state index contributed by atoms with van der Waals surface area (Å²) in [6.45, 7) is 7.69. The summed E-state index contributed by atoms with van der Waals surface area (Å²) < 4.78 is 26.5. The van der Waals surface area contributed by atoms with Gasteiger partial charge < -0.3 is 5.32 Å². The third-order valence-corrected chi connectivity index (χ3v) is 5.63. The fraction of sp³-hybridized carbons (Fsp3) is 1.00. The van der Waals surface area contributed by atoms with Gasteiger partial charge in [-0.2, -0.15) is 4.31 Å². The minimum absolute atomic E-state index is 0.0632. The quantitative estimate of drug-likeness (QED) is 0.690. The summed E-state index contributed by atoms with van der Waals surface area (Å²) in [5, 5.41) is 3.27. The average Bonchev–Trinajstić information content (AvgIpc) is 2.75. The van der Waals surface area contributed by atoms with Gasteiger partial charge in [0.25, 0.3) is 0 Å². The van der Waals surface area contributed by atoms with E-state index in [1.807, 2.05) is 13.8 Å². The highest BCUT2D eigenvalue weighted by molar-refractivity contribution is 7.89. The molecule has 1 fully saturated rings. The van der Waals surface area contributed by atoms with Crippen LogP contribution in [0.15, 0.2) is 0 Å². The standard InChI is InChI=1S/C13H28N2O2S/c1-4-5-6-10-15(12(2)3)18(16,17)11-13-8-7-9-14-13/h12-14H,4-11H2,1-3H3. The smallest absolute Gasteiger partial charge is 0.215 e. The molecule has 4 nitrogen and oxygen atoms in total. The number of hydrogen-bond acceptors (Lipinski definition) is 3. The molecule has 108 valence electrons. The van der Waals surface area contributed by atoms with E-state index in [2.05, 4.69) is 12.2 Å². The monoisotopic (exact) mass is 276 g/mol. The maximum Gasteiger partial charge on any atom is 0.215 e. The van der Waals surface area contributed by atoms with Crippen LogP contribution in [0.1, 0.15) is 52.9 Å². The highest BCUT2D eigenvalue weighted by Crippen LogP contribution is 2.15. The average molecular weight is 276 g/mol. The van der Waals surface area contributed by atoms with Gasteiger partial charge >= 0.3 is 0 Å². The van der Waals surface area contributed by atoms with E-state index in [1.165, 1.54) is 0 Å². The molecule has 1 aliphatic heterocycles. The second-order valence-corrected chi connectivity index (χ2v) is 7.45. The van der Waals surface area contributed by atoms with Gasteiger partial charge in [0, 0.05) is 18.6 Å². The molecule has 0 aliphatic carbocycles. The van der Waals surface area contributed by atoms with Crippen LogP contribution in [0.4, 0.5) is 0 Å². The molecule has 0 saturated carbocycles. The van der Waals surface area contributed by atoms with Crippen LogP contribution in [0.3, 0.4) is 0 Å². The van der Waals surface area contributed by atoms with Crippen molar-refractivity contribution < 1.29 is 8.42 Å². The Bertz CT molecular complexity index is 322. The largest absolute Gasteiger partial charge is 0.313 e. The van der Waals surface area contributed by atoms with E-state index in [1.54, 1.807) is 4.31 Å². The van der Waals surface area contributed by atoms with Crippen LogP contribution in [-0.2, 0) is 10.0 Å². The first-order chi connectivity index (χ1) is 8.47. The lowest BCUT2D eigenvalue weighted by atomic mass is 10.2. The molecule has 0 amide bonds. The number of rotatable bonds is 8. The SMILES string of the molecule is CCCCCN(C(C)C)S(=O)(=O)CC1CCCN1. The molecule has 1 aliphatic rings. The van der Waals surface area contributed by atoms with Gasteiger partial charge in [-0.15, -0.1) is 0 Å². The molecule has 5 heteroatoms. The summed E-state index contributed by atoms with van der Waals surface area (Å²) in [4.78, 5) is 0. The number of nitrogens with zero attached hydrogens (tertiary/aromatic N) is 1. The third-order valence-electron chi connectivity index (χ3n) is 3.49. The van der Waals surface area contributed by atoms with E-state index in [0.29, 0.717) is 6.54 Å². The van der Waals surface area contributed by atoms with Crippen molar-refractivity contribution in [3.63, 3.8) is 0 Å². The molecule has 18 heavy (non-hydrogen) atoms. The highest BCUT2D eigenvalue weighted by atomic mass is 32.2. The van der Waals surface area contributed by atoms with Crippen LogP contribution in [0.25, 0.3) is 0 Å². The van der Waals surface area contributed by atoms with E-state index in [4.69, 9.17) is 0 Å². The Hall–Kier alpha value is -0.130. The Morgan fingerprint density at radius 2 is 2.06 bits per heavy atom. The predicted octanol–water partition coefficient (Wildman–Crippen LogP) is 1.97. The molecule has 0 spiro atoms. The summed E-state index contributed by atoms with van der Waals surface area (Å²) in [6, 6.07) is 0.218. The fourth-order valence-corrected chi connectivity index (χ4v) is 4.52. The van der Waals surface area contributed by atoms with Crippen LogP contribution in [-0.4, -0.2) is 43.6 Å². The second-order valence-electron chi connectivity index (χ2n) is 5.48. The summed E-state index contributed by atoms with van der Waals surface area (Å²) in [5.74, 6) is 0.261. The molecular formula is C13H28N2O2S. The zero-order valence-electron chi connectivity index (χ0n) is 12.0. The van der Waals surface area contributed by atoms with Crippen LogP contribution in [0, 0.1) is 0 Å². The number of hydrogen-bond donors (Lipinski definition) is 1. The summed E-state index contributed by atoms with van der Waals surface area (Å²) in [6.07, 6.45) is 5.26. The van der Waals surface area contributed by atoms with Gasteiger partial charge in [-0.25, -0.2) is 8.42 Å². The molecular weight excluding hydrogens is 248 g/mol. The topological polar surface area (TPSA) is 49.4 Å². The summed E-state index contributed by atoms with van der Waals surface area (Å²) >= 11 is 0. The van der Waals surface area contributed by atoms with Crippen molar-refractivity contribution in [1.82, 2.24) is 9.62 Å². The maximum absolute atomic E-state index is 12.4. The Morgan fingerprint density at radius 1 is 1.33 bits per heavy atom. The van der Waals surface area contributed by atoms with Crippen molar-refractivity contribution in [2.45, 2.75) is 65.0 Å². The molecule has 0 aromatic rings. The van der Waals surface area contributed by atoms with Crippen molar-refractivity contribution in [1.29, 1.82) is 0 Å². The Balaban J connectivity index is 2.57. The van der Waals surface area contributed by atoms with E-state index in [-0.39, 0.29) is 17.8 Å². The molecule has 0 radical (unpaired) electrons. The summed E-state index contributed by atoms with van der Waals surface area (Å²) in [7, 11) is -3.11. The van der Waals surface area contributed by atoms with E-state index in [0.717, 1.165) is 38.6 Å². The Labute approximate surface area is 112 Å². The molecule has 1 rings (SSSR count). The van der Waals surface area contributed by atoms with E-state index >= 15 is 0 Å². The summed E-state index contributed by atoms with van der Waals surface area (Å²) in [5.41, 5.74) is 0. The van der Waals surface area contributed by atoms with Gasteiger partial charge in [-0.05, 0) is 39.7 Å². The fourth-order valence-electron chi connectivity index (χ4n) is 2.49. The molecule has 1 N–H and O–H groups in total. The first-order valence-corrected chi connectivity index (χ1v) is 8.81. The van der Waals surface area contributed by atoms with Crippen LogP contribution < -0.4 is 5.32 Å². The number of nitrogens with one attached hydrogen (secondary N) is 1. The van der Waals surface area contributed by atoms with Crippen molar-refractivity contribution >= 4 is 10.0 Å². The second kappa shape index (κ2) is 7.46. The Morgan fingerprint density at radius 3 is 2.56 bits per heavy atom. The van der Waals surface area contributed by atoms with Crippen molar-refractivity contribution in [2.24, 2.45) is 0 Å². The molecule has 0 bridgehead atoms. The lowest BCUT2D eigenvalue weighted by Crippen LogP contribution is -2.43. The van der Waals surface area contributed by atoms with Crippen LogP contribution >= 0.6 is 0 Å². The van der Waals surface area contributed by atoms with Crippen molar-refractivity contribution in [3.8, 4) is 0 Å². The third kappa shape index (κ3) is 4.86. The van der Waals surface area contributed by atoms with Crippen LogP contribution in [0.5, 0.6) is 0 Å². The minimum atomic E-state index is -3.11. The molecule has 1 unspecified atom stereocenters. The van der Waals surface area contributed by atoms with Gasteiger partial charge in [-0.3, -0.25) is 0 Å². The lowest BCUT2D eigenvalue weighted by molar-refractivity contribution is 0.343. The number of unbranched alkanes of at least 4 members (excludes halogenated alkanes) is 2. The molecule has 1 atom stereocenters. The van der Waals surface area contributed by atoms with Gasteiger partial charge in [-0.1, -0.05) is 19.8 Å². The molecule has 1 saturated heterocycles. The highest BCUT2D eigenvalue weighted by Gasteiger charge is 2.29. The molecule has 1 heterocycles. The van der Waals surface area contributed by atoms with Crippen molar-refractivity contribution in [3.05, 3.63) is 0 Å². The minimum Gasteiger partial charge on any atom is -0.313 e. The normalized spacial score (nSPS) is 21.1. The van der Waals surface area contributed by atoms with Crippen LogP contribution in [0.2, 0.25) is 0 Å². The zero-order chi connectivity index (χ0) is 13.6. The first kappa shape index (κ1) is 15.9. The van der Waals surface area contributed by atoms with Gasteiger partial charge in [0.15, 0.2) is 0 Å². The molecule has 0 aromatic carbocycles. The van der Waals surface area contributed by atoms with Gasteiger partial charge in [0.05, 0.1) is 5.75 Å². The molecule has 0 aromatic heterocycles. The van der Waals surface area contributed by atoms with E-state index in [9.17, 15) is 8.42 Å². The first-order valence-electron chi connectivity index (χ1n) is 7.20. The maximum atomic E-state index is 12.4. The van der Waals surface area contributed by atoms with Crippen molar-refractivity contribution in [2.75, 3.05) is 18.8 Å². The Kier molecular flexibility index (Phi) is 6.60. The van der Waals surface area contributed by atoms with E-state index < -0.39 is 10.0 Å².